The van der Waals surface area contributed by atoms with Crippen LogP contribution < -0.4 is 0 Å². The number of carbonyl (C=O) groups is 1. The van der Waals surface area contributed by atoms with E-state index in [-0.39, 0.29) is 5.78 Å². The quantitative estimate of drug-likeness (QED) is 0.469. The smallest absolute Gasteiger partial charge is 0.162 e. The molecule has 1 rings (SSSR count). The Hall–Kier alpha value is -1.15. The minimum Gasteiger partial charge on any atom is -0.381 e. The lowest BCUT2D eigenvalue weighted by Gasteiger charge is -2.17. The summed E-state index contributed by atoms with van der Waals surface area (Å²) in [4.78, 5) is 12.0. The molecule has 0 radical (unpaired) electrons. The van der Waals surface area contributed by atoms with Crippen molar-refractivity contribution < 1.29 is 9.53 Å². The van der Waals surface area contributed by atoms with Crippen molar-refractivity contribution in [2.75, 3.05) is 13.2 Å². The highest BCUT2D eigenvalue weighted by Crippen LogP contribution is 2.20. The Morgan fingerprint density at radius 1 is 1.05 bits per heavy atom. The predicted molar refractivity (Wildman–Crippen MR) is 88.9 cm³/mol. The van der Waals surface area contributed by atoms with Gasteiger partial charge >= 0.3 is 0 Å². The Balaban J connectivity index is 2.13. The maximum atomic E-state index is 12.0. The summed E-state index contributed by atoms with van der Waals surface area (Å²) in [6.07, 6.45) is 4.66. The third-order valence-corrected chi connectivity index (χ3v) is 3.59. The number of ketones is 1. The monoisotopic (exact) mass is 290 g/mol. The number of aryl methyl sites for hydroxylation is 1. The van der Waals surface area contributed by atoms with Crippen LogP contribution in [0.4, 0.5) is 0 Å². The first-order valence-corrected chi connectivity index (χ1v) is 8.12. The van der Waals surface area contributed by atoms with E-state index in [1.165, 1.54) is 12.0 Å². The molecule has 118 valence electrons. The van der Waals surface area contributed by atoms with E-state index in [1.807, 2.05) is 24.3 Å². The first kappa shape index (κ1) is 17.9. The third-order valence-electron chi connectivity index (χ3n) is 3.59. The molecule has 0 aromatic heterocycles. The van der Waals surface area contributed by atoms with Crippen LogP contribution in [-0.2, 0) is 11.2 Å². The van der Waals surface area contributed by atoms with Gasteiger partial charge in [0.25, 0.3) is 0 Å². The van der Waals surface area contributed by atoms with Gasteiger partial charge in [0.1, 0.15) is 0 Å². The molecule has 2 heteroatoms. The fourth-order valence-electron chi connectivity index (χ4n) is 2.21. The summed E-state index contributed by atoms with van der Waals surface area (Å²) in [5, 5.41) is 0. The summed E-state index contributed by atoms with van der Waals surface area (Å²) in [6, 6.07) is 7.95. The van der Waals surface area contributed by atoms with E-state index >= 15 is 0 Å². The summed E-state index contributed by atoms with van der Waals surface area (Å²) < 4.78 is 5.60. The molecule has 0 atom stereocenters. The largest absolute Gasteiger partial charge is 0.381 e. The average molecular weight is 290 g/mol. The number of hydrogen-bond acceptors (Lipinski definition) is 2. The van der Waals surface area contributed by atoms with Crippen LogP contribution in [0, 0.1) is 5.41 Å². The van der Waals surface area contributed by atoms with Gasteiger partial charge in [-0.25, -0.2) is 0 Å². The van der Waals surface area contributed by atoms with Crippen LogP contribution >= 0.6 is 0 Å². The van der Waals surface area contributed by atoms with E-state index in [0.29, 0.717) is 18.4 Å². The molecule has 0 N–H and O–H groups in total. The van der Waals surface area contributed by atoms with Gasteiger partial charge in [-0.2, -0.15) is 0 Å². The van der Waals surface area contributed by atoms with E-state index < -0.39 is 0 Å². The van der Waals surface area contributed by atoms with Gasteiger partial charge in [-0.05, 0) is 36.7 Å². The highest BCUT2D eigenvalue weighted by atomic mass is 16.5. The molecule has 21 heavy (non-hydrogen) atoms. The molecular formula is C19H30O2. The van der Waals surface area contributed by atoms with E-state index in [2.05, 4.69) is 27.7 Å². The highest BCUT2D eigenvalue weighted by Gasteiger charge is 2.09. The molecule has 1 aromatic rings. The molecule has 0 spiro atoms. The molecule has 0 heterocycles. The van der Waals surface area contributed by atoms with Crippen molar-refractivity contribution >= 4 is 5.78 Å². The molecule has 2 nitrogen and oxygen atoms in total. The summed E-state index contributed by atoms with van der Waals surface area (Å²) in [5.41, 5.74) is 2.47. The molecule has 0 saturated heterocycles. The second-order valence-electron chi connectivity index (χ2n) is 6.85. The Morgan fingerprint density at radius 2 is 1.67 bits per heavy atom. The number of carbonyl (C=O) groups excluding carboxylic acids is 1. The van der Waals surface area contributed by atoms with E-state index in [1.54, 1.807) is 0 Å². The fraction of sp³-hybridized carbons (Fsp3) is 0.632. The average Bonchev–Trinajstić information content (AvgIpc) is 2.45. The van der Waals surface area contributed by atoms with Crippen molar-refractivity contribution in [3.8, 4) is 0 Å². The van der Waals surface area contributed by atoms with Crippen molar-refractivity contribution in [1.82, 2.24) is 0 Å². The Morgan fingerprint density at radius 3 is 2.24 bits per heavy atom. The van der Waals surface area contributed by atoms with Crippen molar-refractivity contribution in [1.29, 1.82) is 0 Å². The van der Waals surface area contributed by atoms with Crippen LogP contribution in [0.1, 0.15) is 69.3 Å². The fourth-order valence-corrected chi connectivity index (χ4v) is 2.21. The van der Waals surface area contributed by atoms with Gasteiger partial charge in [0.05, 0.1) is 0 Å². The molecular weight excluding hydrogens is 260 g/mol. The maximum Gasteiger partial charge on any atom is 0.162 e. The molecule has 0 aliphatic heterocycles. The Kier molecular flexibility index (Phi) is 7.66. The second-order valence-corrected chi connectivity index (χ2v) is 6.85. The van der Waals surface area contributed by atoms with Gasteiger partial charge < -0.3 is 4.74 Å². The van der Waals surface area contributed by atoms with Crippen LogP contribution in [0.25, 0.3) is 0 Å². The van der Waals surface area contributed by atoms with Gasteiger partial charge in [-0.1, -0.05) is 52.0 Å². The minimum atomic E-state index is 0.218. The van der Waals surface area contributed by atoms with Gasteiger partial charge in [0, 0.05) is 25.2 Å². The maximum absolute atomic E-state index is 12.0. The number of Topliss-reactive ketones (excluding diaryl/α,β-unsaturated/α-hetero) is 1. The molecule has 0 aliphatic carbocycles. The third kappa shape index (κ3) is 8.01. The lowest BCUT2D eigenvalue weighted by Crippen LogP contribution is -2.08. The van der Waals surface area contributed by atoms with Gasteiger partial charge in [-0.15, -0.1) is 0 Å². The Labute approximate surface area is 129 Å². The summed E-state index contributed by atoms with van der Waals surface area (Å²) in [5.74, 6) is 0.218. The molecule has 0 aliphatic rings. The van der Waals surface area contributed by atoms with E-state index in [4.69, 9.17) is 4.74 Å². The second kappa shape index (κ2) is 8.99. The van der Waals surface area contributed by atoms with Crippen LogP contribution in [0.3, 0.4) is 0 Å². The molecule has 1 aromatic carbocycles. The summed E-state index contributed by atoms with van der Waals surface area (Å²) >= 11 is 0. The normalized spacial score (nSPS) is 11.6. The van der Waals surface area contributed by atoms with Crippen molar-refractivity contribution in [3.63, 3.8) is 0 Å². The Bertz CT molecular complexity index is 412. The van der Waals surface area contributed by atoms with Crippen LogP contribution in [-0.4, -0.2) is 19.0 Å². The lowest BCUT2D eigenvalue weighted by atomic mass is 9.91. The van der Waals surface area contributed by atoms with Crippen molar-refractivity contribution in [2.24, 2.45) is 5.41 Å². The van der Waals surface area contributed by atoms with Crippen LogP contribution in [0.5, 0.6) is 0 Å². The zero-order valence-corrected chi connectivity index (χ0v) is 14.1. The molecule has 0 fully saturated rings. The van der Waals surface area contributed by atoms with Crippen molar-refractivity contribution in [2.45, 2.75) is 59.8 Å². The number of rotatable bonds is 9. The number of ether oxygens (including phenoxy) is 1. The van der Waals surface area contributed by atoms with Gasteiger partial charge in [0.2, 0.25) is 0 Å². The zero-order chi connectivity index (χ0) is 15.7. The van der Waals surface area contributed by atoms with Gasteiger partial charge in [0.15, 0.2) is 5.78 Å². The standard InChI is InChI=1S/C19H30O2/c1-5-16-9-11-17(12-10-16)18(20)8-6-14-21-15-7-13-19(2,3)4/h9-12H,5-8,13-15H2,1-4H3. The molecule has 0 bridgehead atoms. The first-order valence-electron chi connectivity index (χ1n) is 8.12. The zero-order valence-electron chi connectivity index (χ0n) is 14.1. The first-order chi connectivity index (χ1) is 9.92. The number of hydrogen-bond donors (Lipinski definition) is 0. The van der Waals surface area contributed by atoms with Gasteiger partial charge in [-0.3, -0.25) is 4.79 Å². The molecule has 0 unspecified atom stereocenters. The van der Waals surface area contributed by atoms with Crippen LogP contribution in [0.2, 0.25) is 0 Å². The molecule has 0 saturated carbocycles. The number of benzene rings is 1. The molecule has 0 amide bonds. The highest BCUT2D eigenvalue weighted by molar-refractivity contribution is 5.96. The summed E-state index contributed by atoms with van der Waals surface area (Å²) in [6.45, 7) is 10.3. The van der Waals surface area contributed by atoms with Crippen LogP contribution in [0.15, 0.2) is 24.3 Å². The van der Waals surface area contributed by atoms with Crippen molar-refractivity contribution in [3.05, 3.63) is 35.4 Å². The predicted octanol–water partition coefficient (Wildman–Crippen LogP) is 5.05. The SMILES string of the molecule is CCc1ccc(C(=O)CCCOCCCC(C)(C)C)cc1. The lowest BCUT2D eigenvalue weighted by molar-refractivity contribution is 0.0926. The van der Waals surface area contributed by atoms with E-state index in [9.17, 15) is 4.79 Å². The minimum absolute atomic E-state index is 0.218. The van der Waals surface area contributed by atoms with E-state index in [0.717, 1.165) is 31.4 Å². The topological polar surface area (TPSA) is 26.3 Å². The summed E-state index contributed by atoms with van der Waals surface area (Å²) in [7, 11) is 0.